The van der Waals surface area contributed by atoms with Crippen LogP contribution >= 0.6 is 0 Å². The Balaban J connectivity index is 0.00000325. The molecule has 0 unspecified atom stereocenters. The third-order valence-electron chi connectivity index (χ3n) is 7.97. The topological polar surface area (TPSA) is 199 Å². The molecule has 0 amide bonds. The predicted octanol–water partition coefficient (Wildman–Crippen LogP) is 4.44. The molecule has 6 rings (SSSR count). The minimum atomic E-state index is -4.30. The van der Waals surface area contributed by atoms with Gasteiger partial charge in [0, 0.05) is 28.4 Å². The molecule has 0 aliphatic heterocycles. The molecule has 0 saturated heterocycles. The summed E-state index contributed by atoms with van der Waals surface area (Å²) in [6, 6.07) is 32.3. The maximum atomic E-state index is 11.4. The monoisotopic (exact) mass is 781 g/mol. The molecule has 1 aliphatic carbocycles. The van der Waals surface area contributed by atoms with Crippen LogP contribution in [0.4, 0.5) is 28.4 Å². The summed E-state index contributed by atoms with van der Waals surface area (Å²) >= 11 is 0. The first-order valence-corrected chi connectivity index (χ1v) is 19.8. The molecular weight excluding hydrogens is 750 g/mol. The van der Waals surface area contributed by atoms with E-state index in [1.807, 2.05) is 72.8 Å². The molecule has 1 aliphatic rings. The third kappa shape index (κ3) is 10.3. The summed E-state index contributed by atoms with van der Waals surface area (Å²) in [5.41, 5.74) is 7.00. The molecule has 53 heavy (non-hydrogen) atoms. The first-order chi connectivity index (χ1) is 24.6. The fourth-order valence-corrected chi connectivity index (χ4v) is 6.85. The summed E-state index contributed by atoms with van der Waals surface area (Å²) in [5.74, 6) is 0. The van der Waals surface area contributed by atoms with Gasteiger partial charge in [-0.2, -0.15) is 25.3 Å². The van der Waals surface area contributed by atoms with Crippen molar-refractivity contribution in [1.82, 2.24) is 0 Å². The normalized spacial score (nSPS) is 14.2. The van der Waals surface area contributed by atoms with Crippen molar-refractivity contribution in [3.8, 4) is 0 Å². The van der Waals surface area contributed by atoms with Gasteiger partial charge in [-0.1, -0.05) is 48.6 Å². The van der Waals surface area contributed by atoms with Crippen LogP contribution in [0.15, 0.2) is 166 Å². The van der Waals surface area contributed by atoms with Crippen molar-refractivity contribution < 1.29 is 69.9 Å². The minimum absolute atomic E-state index is 0. The predicted molar refractivity (Wildman–Crippen MR) is 201 cm³/mol. The van der Waals surface area contributed by atoms with Crippen molar-refractivity contribution in [2.75, 3.05) is 16.0 Å². The molecule has 0 bridgehead atoms. The van der Waals surface area contributed by atoms with Crippen LogP contribution in [0.1, 0.15) is 12.6 Å². The average molecular weight is 782 g/mol. The second-order valence-corrected chi connectivity index (χ2v) is 15.9. The van der Waals surface area contributed by atoms with Crippen LogP contribution in [0.3, 0.4) is 0 Å². The summed E-state index contributed by atoms with van der Waals surface area (Å²) in [7, 11) is -12.9. The van der Waals surface area contributed by atoms with Gasteiger partial charge in [-0.3, -0.25) is 13.7 Å². The standard InChI is InChI=1S/C37H31N3O9S3.Na.H/c41-50(42,43)34-19-13-31(14-20-34)38-28-7-1-25(2-8-28)37(26-3-9-29(10-4-26)39-32-15-21-35(22-16-32)51(44,45)46)27-5-11-30(12-6-27)40-33-17-23-36(24-18-33)52(47,48)49;;/h1-24,28,38-40H,(H,41,42,43)(H,44,45,46)(H,47,48,49);;/q;+1;-1. The quantitative estimate of drug-likeness (QED) is 0.0815. The zero-order valence-corrected chi connectivity index (χ0v) is 32.4. The van der Waals surface area contributed by atoms with Crippen LogP contribution in [0.2, 0.25) is 0 Å². The maximum Gasteiger partial charge on any atom is 1.00 e. The van der Waals surface area contributed by atoms with Crippen LogP contribution in [-0.4, -0.2) is 45.0 Å². The molecule has 0 fully saturated rings. The van der Waals surface area contributed by atoms with E-state index in [2.05, 4.69) is 16.0 Å². The SMILES string of the molecule is O=S(=O)(O)c1ccc(Nc2ccc(C(=C3C=CC(Nc4ccc(S(=O)(=O)O)cc4)C=C3)c3ccc(Nc4ccc(S(=O)(=O)O)cc4)cc3)cc2)cc1.[H-].[Na+]. The average Bonchev–Trinajstić information content (AvgIpc) is 3.10. The zero-order valence-electron chi connectivity index (χ0n) is 28.9. The Morgan fingerprint density at radius 1 is 0.453 bits per heavy atom. The molecule has 5 aromatic carbocycles. The molecule has 0 radical (unpaired) electrons. The van der Waals surface area contributed by atoms with Crippen molar-refractivity contribution in [2.45, 2.75) is 20.7 Å². The van der Waals surface area contributed by atoms with Crippen molar-refractivity contribution in [2.24, 2.45) is 0 Å². The number of benzene rings is 5. The molecule has 0 atom stereocenters. The number of rotatable bonds is 11. The van der Waals surface area contributed by atoms with Crippen molar-refractivity contribution in [3.05, 3.63) is 162 Å². The number of anilines is 5. The van der Waals surface area contributed by atoms with Crippen LogP contribution < -0.4 is 45.5 Å². The van der Waals surface area contributed by atoms with Crippen molar-refractivity contribution >= 4 is 64.4 Å². The Kier molecular flexibility index (Phi) is 12.1. The van der Waals surface area contributed by atoms with Gasteiger partial charge in [0.05, 0.1) is 20.7 Å². The fourth-order valence-electron chi connectivity index (χ4n) is 5.41. The van der Waals surface area contributed by atoms with Crippen molar-refractivity contribution in [3.63, 3.8) is 0 Å². The second kappa shape index (κ2) is 16.2. The van der Waals surface area contributed by atoms with Gasteiger partial charge in [0.2, 0.25) is 0 Å². The summed E-state index contributed by atoms with van der Waals surface area (Å²) < 4.78 is 96.2. The van der Waals surface area contributed by atoms with Gasteiger partial charge in [0.25, 0.3) is 30.4 Å². The smallest absolute Gasteiger partial charge is 1.00 e. The molecular formula is C37H32N3NaO9S3. The Morgan fingerprint density at radius 3 is 1.04 bits per heavy atom. The second-order valence-electron chi connectivity index (χ2n) is 11.6. The molecule has 0 saturated carbocycles. The molecule has 5 aromatic rings. The number of allylic oxidation sites excluding steroid dienone is 3. The molecule has 0 spiro atoms. The van der Waals surface area contributed by atoms with Gasteiger partial charge in [0.15, 0.2) is 0 Å². The Bertz CT molecular complexity index is 2390. The van der Waals surface area contributed by atoms with Crippen LogP contribution in [0.25, 0.3) is 5.57 Å². The molecule has 12 nitrogen and oxygen atoms in total. The molecule has 16 heteroatoms. The van der Waals surface area contributed by atoms with Gasteiger partial charge >= 0.3 is 29.6 Å². The van der Waals surface area contributed by atoms with E-state index in [0.29, 0.717) is 17.1 Å². The van der Waals surface area contributed by atoms with Gasteiger partial charge in [-0.25, -0.2) is 0 Å². The Labute approximate surface area is 331 Å². The van der Waals surface area contributed by atoms with Crippen LogP contribution in [-0.2, 0) is 30.4 Å². The van der Waals surface area contributed by atoms with E-state index in [-0.39, 0.29) is 51.7 Å². The van der Waals surface area contributed by atoms with E-state index in [0.717, 1.165) is 33.6 Å². The number of hydrogen-bond acceptors (Lipinski definition) is 9. The van der Waals surface area contributed by atoms with Gasteiger partial charge < -0.3 is 17.4 Å². The van der Waals surface area contributed by atoms with E-state index in [1.165, 1.54) is 36.4 Å². The largest absolute Gasteiger partial charge is 1.00 e. The number of hydrogen-bond donors (Lipinski definition) is 6. The first-order valence-electron chi connectivity index (χ1n) is 15.5. The fraction of sp³-hybridized carbons (Fsp3) is 0.0270. The Hall–Kier alpha value is -4.55. The van der Waals surface area contributed by atoms with E-state index in [4.69, 9.17) is 0 Å². The molecule has 268 valence electrons. The van der Waals surface area contributed by atoms with Crippen LogP contribution in [0, 0.1) is 0 Å². The van der Waals surface area contributed by atoms with Crippen LogP contribution in [0.5, 0.6) is 0 Å². The van der Waals surface area contributed by atoms with Crippen molar-refractivity contribution in [1.29, 1.82) is 0 Å². The number of nitrogens with one attached hydrogen (secondary N) is 3. The summed E-state index contributed by atoms with van der Waals surface area (Å²) in [6.45, 7) is 0. The first kappa shape index (κ1) is 39.7. The summed E-state index contributed by atoms with van der Waals surface area (Å²) in [6.07, 6.45) is 7.88. The maximum absolute atomic E-state index is 11.4. The molecule has 6 N–H and O–H groups in total. The van der Waals surface area contributed by atoms with Gasteiger partial charge in [0.1, 0.15) is 0 Å². The Morgan fingerprint density at radius 2 is 0.736 bits per heavy atom. The summed E-state index contributed by atoms with van der Waals surface area (Å²) in [5, 5.41) is 9.74. The van der Waals surface area contributed by atoms with Gasteiger partial charge in [-0.15, -0.1) is 0 Å². The van der Waals surface area contributed by atoms with E-state index in [9.17, 15) is 38.9 Å². The molecule has 0 aromatic heterocycles. The minimum Gasteiger partial charge on any atom is -1.00 e. The van der Waals surface area contributed by atoms with E-state index >= 15 is 0 Å². The zero-order chi connectivity index (χ0) is 37.1. The summed E-state index contributed by atoms with van der Waals surface area (Å²) in [4.78, 5) is -0.612. The van der Waals surface area contributed by atoms with E-state index < -0.39 is 30.4 Å². The third-order valence-corrected chi connectivity index (χ3v) is 10.6. The molecule has 0 heterocycles. The van der Waals surface area contributed by atoms with E-state index in [1.54, 1.807) is 36.4 Å². The van der Waals surface area contributed by atoms with Gasteiger partial charge in [-0.05, 0) is 119 Å².